The number of hydrogen-bond donors (Lipinski definition) is 0. The molecule has 1 heterocycles. The van der Waals surface area contributed by atoms with Crippen LogP contribution in [0.5, 0.6) is 11.5 Å². The minimum Gasteiger partial charge on any atom is -0.493 e. The zero-order valence-electron chi connectivity index (χ0n) is 14.3. The van der Waals surface area contributed by atoms with Crippen molar-refractivity contribution < 1.29 is 23.4 Å². The van der Waals surface area contributed by atoms with Crippen molar-refractivity contribution in [1.29, 1.82) is 0 Å². The van der Waals surface area contributed by atoms with Gasteiger partial charge in [-0.2, -0.15) is 0 Å². The molecule has 6 nitrogen and oxygen atoms in total. The highest BCUT2D eigenvalue weighted by atomic mass is 16.5. The van der Waals surface area contributed by atoms with Crippen molar-refractivity contribution in [3.8, 4) is 11.5 Å². The Morgan fingerprint density at radius 2 is 2.04 bits per heavy atom. The molecule has 0 unspecified atom stereocenters. The molecule has 0 radical (unpaired) electrons. The molecule has 0 saturated heterocycles. The van der Waals surface area contributed by atoms with Crippen LogP contribution in [0, 0.1) is 0 Å². The van der Waals surface area contributed by atoms with Crippen molar-refractivity contribution in [2.24, 2.45) is 0 Å². The summed E-state index contributed by atoms with van der Waals surface area (Å²) >= 11 is 0. The Morgan fingerprint density at radius 3 is 2.67 bits per heavy atom. The van der Waals surface area contributed by atoms with Gasteiger partial charge in [0.15, 0.2) is 11.5 Å². The minimum atomic E-state index is -0.121. The van der Waals surface area contributed by atoms with Gasteiger partial charge in [-0.25, -0.2) is 0 Å². The lowest BCUT2D eigenvalue weighted by Crippen LogP contribution is -2.33. The molecule has 0 fully saturated rings. The molecule has 2 rings (SSSR count). The number of rotatable bonds is 9. The summed E-state index contributed by atoms with van der Waals surface area (Å²) in [5.41, 5.74) is 0.526. The van der Waals surface area contributed by atoms with Gasteiger partial charge in [-0.1, -0.05) is 0 Å². The van der Waals surface area contributed by atoms with Gasteiger partial charge in [-0.05, 0) is 37.3 Å². The number of nitrogens with zero attached hydrogens (tertiary/aromatic N) is 1. The second-order valence-corrected chi connectivity index (χ2v) is 5.10. The van der Waals surface area contributed by atoms with Crippen molar-refractivity contribution >= 4 is 5.91 Å². The van der Waals surface area contributed by atoms with Crippen LogP contribution in [0.1, 0.15) is 23.0 Å². The molecule has 24 heavy (non-hydrogen) atoms. The monoisotopic (exact) mass is 333 g/mol. The summed E-state index contributed by atoms with van der Waals surface area (Å²) in [5, 5.41) is 0. The third-order valence-electron chi connectivity index (χ3n) is 3.49. The summed E-state index contributed by atoms with van der Waals surface area (Å²) in [4.78, 5) is 14.5. The summed E-state index contributed by atoms with van der Waals surface area (Å²) in [6.07, 6.45) is 1.59. The normalized spacial score (nSPS) is 10.5. The van der Waals surface area contributed by atoms with Gasteiger partial charge in [-0.3, -0.25) is 4.79 Å². The molecule has 0 atom stereocenters. The molecular formula is C18H23NO5. The molecular weight excluding hydrogens is 310 g/mol. The largest absolute Gasteiger partial charge is 0.493 e. The van der Waals surface area contributed by atoms with E-state index in [9.17, 15) is 4.79 Å². The second kappa shape index (κ2) is 8.98. The molecule has 130 valence electrons. The van der Waals surface area contributed by atoms with Crippen LogP contribution in [-0.4, -0.2) is 44.8 Å². The molecule has 0 aliphatic carbocycles. The molecule has 0 saturated carbocycles. The van der Waals surface area contributed by atoms with Gasteiger partial charge in [0.2, 0.25) is 0 Å². The Hall–Kier alpha value is -2.47. The van der Waals surface area contributed by atoms with Crippen molar-refractivity contribution in [2.45, 2.75) is 13.5 Å². The fourth-order valence-corrected chi connectivity index (χ4v) is 2.30. The first-order chi connectivity index (χ1) is 11.7. The first-order valence-corrected chi connectivity index (χ1v) is 7.81. The van der Waals surface area contributed by atoms with Gasteiger partial charge in [0, 0.05) is 19.2 Å². The van der Waals surface area contributed by atoms with E-state index in [4.69, 9.17) is 18.6 Å². The molecule has 0 aliphatic heterocycles. The number of hydrogen-bond acceptors (Lipinski definition) is 5. The van der Waals surface area contributed by atoms with Crippen molar-refractivity contribution in [1.82, 2.24) is 4.90 Å². The van der Waals surface area contributed by atoms with Crippen molar-refractivity contribution in [2.75, 3.05) is 34.0 Å². The fraction of sp³-hybridized carbons (Fsp3) is 0.389. The Kier molecular flexibility index (Phi) is 6.69. The number of furan rings is 1. The van der Waals surface area contributed by atoms with E-state index >= 15 is 0 Å². The van der Waals surface area contributed by atoms with E-state index in [1.807, 2.05) is 13.0 Å². The van der Waals surface area contributed by atoms with E-state index in [1.165, 1.54) is 0 Å². The third-order valence-corrected chi connectivity index (χ3v) is 3.49. The SMILES string of the molecule is CCOc1ccc(C(=O)N(CCOC)Cc2ccco2)cc1OC. The highest BCUT2D eigenvalue weighted by Crippen LogP contribution is 2.28. The van der Waals surface area contributed by atoms with E-state index in [2.05, 4.69) is 0 Å². The number of carbonyl (C=O) groups is 1. The fourth-order valence-electron chi connectivity index (χ4n) is 2.30. The molecule has 0 spiro atoms. The number of methoxy groups -OCH3 is 2. The quantitative estimate of drug-likeness (QED) is 0.706. The van der Waals surface area contributed by atoms with Gasteiger partial charge >= 0.3 is 0 Å². The molecule has 1 aromatic carbocycles. The highest BCUT2D eigenvalue weighted by molar-refractivity contribution is 5.94. The summed E-state index contributed by atoms with van der Waals surface area (Å²) < 4.78 is 21.3. The lowest BCUT2D eigenvalue weighted by atomic mass is 10.1. The molecule has 6 heteroatoms. The van der Waals surface area contributed by atoms with Crippen LogP contribution in [0.4, 0.5) is 0 Å². The predicted molar refractivity (Wildman–Crippen MR) is 89.5 cm³/mol. The van der Waals surface area contributed by atoms with Gasteiger partial charge in [0.25, 0.3) is 5.91 Å². The van der Waals surface area contributed by atoms with Gasteiger partial charge in [0.1, 0.15) is 5.76 Å². The number of benzene rings is 1. The lowest BCUT2D eigenvalue weighted by molar-refractivity contribution is 0.0666. The van der Waals surface area contributed by atoms with E-state index in [1.54, 1.807) is 49.6 Å². The zero-order chi connectivity index (χ0) is 17.4. The Morgan fingerprint density at radius 1 is 1.21 bits per heavy atom. The van der Waals surface area contributed by atoms with Crippen LogP contribution in [0.25, 0.3) is 0 Å². The van der Waals surface area contributed by atoms with Crippen LogP contribution in [0.2, 0.25) is 0 Å². The predicted octanol–water partition coefficient (Wildman–Crippen LogP) is 2.98. The van der Waals surface area contributed by atoms with Gasteiger partial charge < -0.3 is 23.5 Å². The van der Waals surface area contributed by atoms with Gasteiger partial charge in [-0.15, -0.1) is 0 Å². The van der Waals surface area contributed by atoms with Crippen LogP contribution >= 0.6 is 0 Å². The molecule has 2 aromatic rings. The summed E-state index contributed by atoms with van der Waals surface area (Å²) in [6, 6.07) is 8.81. The average Bonchev–Trinajstić information content (AvgIpc) is 3.11. The molecule has 1 amide bonds. The Bertz CT molecular complexity index is 639. The van der Waals surface area contributed by atoms with Gasteiger partial charge in [0.05, 0.1) is 33.1 Å². The lowest BCUT2D eigenvalue weighted by Gasteiger charge is -2.22. The maximum atomic E-state index is 12.8. The van der Waals surface area contributed by atoms with E-state index in [0.717, 1.165) is 5.76 Å². The van der Waals surface area contributed by atoms with Crippen LogP contribution in [0.3, 0.4) is 0 Å². The second-order valence-electron chi connectivity index (χ2n) is 5.10. The van der Waals surface area contributed by atoms with Crippen molar-refractivity contribution in [3.05, 3.63) is 47.9 Å². The van der Waals surface area contributed by atoms with Crippen molar-refractivity contribution in [3.63, 3.8) is 0 Å². The van der Waals surface area contributed by atoms with Crippen LogP contribution in [-0.2, 0) is 11.3 Å². The molecule has 1 aromatic heterocycles. The minimum absolute atomic E-state index is 0.121. The topological polar surface area (TPSA) is 61.1 Å². The smallest absolute Gasteiger partial charge is 0.254 e. The summed E-state index contributed by atoms with van der Waals surface area (Å²) in [6.45, 7) is 3.72. The van der Waals surface area contributed by atoms with Crippen LogP contribution < -0.4 is 9.47 Å². The average molecular weight is 333 g/mol. The highest BCUT2D eigenvalue weighted by Gasteiger charge is 2.19. The maximum absolute atomic E-state index is 12.8. The molecule has 0 N–H and O–H groups in total. The number of amides is 1. The number of ether oxygens (including phenoxy) is 3. The zero-order valence-corrected chi connectivity index (χ0v) is 14.3. The van der Waals surface area contributed by atoms with E-state index in [-0.39, 0.29) is 5.91 Å². The third kappa shape index (κ3) is 4.52. The Balaban J connectivity index is 2.21. The van der Waals surface area contributed by atoms with Crippen LogP contribution in [0.15, 0.2) is 41.0 Å². The maximum Gasteiger partial charge on any atom is 0.254 e. The summed E-state index contributed by atoms with van der Waals surface area (Å²) in [7, 11) is 3.16. The first kappa shape index (κ1) is 17.9. The van der Waals surface area contributed by atoms with E-state index in [0.29, 0.717) is 43.4 Å². The standard InChI is InChI=1S/C18H23NO5/c1-4-23-16-8-7-14(12-17(16)22-3)18(20)19(9-11-21-2)13-15-6-5-10-24-15/h5-8,10,12H,4,9,11,13H2,1-3H3. The Labute approximate surface area is 141 Å². The molecule has 0 aliphatic rings. The summed E-state index contributed by atoms with van der Waals surface area (Å²) in [5.74, 6) is 1.75. The number of carbonyl (C=O) groups excluding carboxylic acids is 1. The van der Waals surface area contributed by atoms with E-state index < -0.39 is 0 Å². The molecule has 0 bridgehead atoms. The first-order valence-electron chi connectivity index (χ1n) is 7.81.